The lowest BCUT2D eigenvalue weighted by molar-refractivity contribution is 0.102. The number of carbonyl (C=O) groups excluding carboxylic acids is 1. The van der Waals surface area contributed by atoms with Gasteiger partial charge in [-0.2, -0.15) is 5.10 Å². The molecule has 3 heterocycles. The number of amides is 1. The van der Waals surface area contributed by atoms with E-state index in [0.29, 0.717) is 38.2 Å². The van der Waals surface area contributed by atoms with Crippen molar-refractivity contribution in [1.82, 2.24) is 19.6 Å². The minimum atomic E-state index is -0.321. The number of carbonyl (C=O) groups is 1. The number of thiazole rings is 1. The van der Waals surface area contributed by atoms with Crippen molar-refractivity contribution in [2.24, 2.45) is 0 Å². The molecule has 0 aliphatic rings. The summed E-state index contributed by atoms with van der Waals surface area (Å²) in [4.78, 5) is 22.0. The Morgan fingerprint density at radius 1 is 1.33 bits per heavy atom. The molecule has 4 aromatic rings. The number of fused-ring (bicyclic) bond motifs is 1. The van der Waals surface area contributed by atoms with Crippen molar-refractivity contribution in [3.05, 3.63) is 64.0 Å². The van der Waals surface area contributed by atoms with Gasteiger partial charge in [-0.25, -0.2) is 14.5 Å². The molecule has 0 bridgehead atoms. The molecule has 1 aromatic carbocycles. The van der Waals surface area contributed by atoms with E-state index in [2.05, 4.69) is 15.4 Å². The SMILES string of the molecule is COc1ccc(Cl)cc1-c1nc(C=C(C)C)sc1NC(=O)c1cnn2cccnc12. The molecule has 4 rings (SSSR count). The van der Waals surface area contributed by atoms with Crippen LogP contribution in [0.15, 0.2) is 48.4 Å². The average Bonchev–Trinajstić information content (AvgIpc) is 3.31. The Morgan fingerprint density at radius 3 is 2.93 bits per heavy atom. The number of allylic oxidation sites excluding steroid dienone is 1. The van der Waals surface area contributed by atoms with E-state index in [1.54, 1.807) is 48.3 Å². The summed E-state index contributed by atoms with van der Waals surface area (Å²) < 4.78 is 7.04. The highest BCUT2D eigenvalue weighted by Gasteiger charge is 2.21. The quantitative estimate of drug-likeness (QED) is 0.462. The van der Waals surface area contributed by atoms with E-state index in [9.17, 15) is 4.79 Å². The third kappa shape index (κ3) is 3.92. The Kier molecular flexibility index (Phi) is 5.52. The molecular weight excluding hydrogens is 422 g/mol. The maximum absolute atomic E-state index is 13.0. The van der Waals surface area contributed by atoms with Crippen LogP contribution in [-0.4, -0.2) is 32.6 Å². The lowest BCUT2D eigenvalue weighted by atomic mass is 10.1. The molecule has 1 N–H and O–H groups in total. The first-order valence-corrected chi connectivity index (χ1v) is 10.2. The van der Waals surface area contributed by atoms with Gasteiger partial charge in [0.25, 0.3) is 5.91 Å². The molecule has 30 heavy (non-hydrogen) atoms. The van der Waals surface area contributed by atoms with Crippen LogP contribution in [0, 0.1) is 0 Å². The molecule has 9 heteroatoms. The van der Waals surface area contributed by atoms with Gasteiger partial charge in [-0.15, -0.1) is 0 Å². The zero-order valence-electron chi connectivity index (χ0n) is 16.5. The van der Waals surface area contributed by atoms with E-state index >= 15 is 0 Å². The molecule has 152 valence electrons. The van der Waals surface area contributed by atoms with Crippen molar-refractivity contribution in [1.29, 1.82) is 0 Å². The molecule has 0 saturated carbocycles. The summed E-state index contributed by atoms with van der Waals surface area (Å²) in [5, 5.41) is 9.04. The predicted molar refractivity (Wildman–Crippen MR) is 119 cm³/mol. The average molecular weight is 440 g/mol. The van der Waals surface area contributed by atoms with Gasteiger partial charge in [0.05, 0.1) is 13.3 Å². The van der Waals surface area contributed by atoms with E-state index in [1.165, 1.54) is 17.5 Å². The summed E-state index contributed by atoms with van der Waals surface area (Å²) in [7, 11) is 1.58. The Labute approximate surface area is 182 Å². The van der Waals surface area contributed by atoms with Crippen LogP contribution in [-0.2, 0) is 0 Å². The number of anilines is 1. The summed E-state index contributed by atoms with van der Waals surface area (Å²) in [6.45, 7) is 3.98. The number of ether oxygens (including phenoxy) is 1. The largest absolute Gasteiger partial charge is 0.496 e. The van der Waals surface area contributed by atoms with Crippen molar-refractivity contribution in [2.45, 2.75) is 13.8 Å². The summed E-state index contributed by atoms with van der Waals surface area (Å²) >= 11 is 7.59. The predicted octanol–water partition coefficient (Wildman–Crippen LogP) is 5.19. The van der Waals surface area contributed by atoms with Gasteiger partial charge in [0.2, 0.25) is 0 Å². The van der Waals surface area contributed by atoms with E-state index in [1.807, 2.05) is 19.9 Å². The third-order valence-corrected chi connectivity index (χ3v) is 5.38. The lowest BCUT2D eigenvalue weighted by Crippen LogP contribution is -2.11. The fraction of sp³-hybridized carbons (Fsp3) is 0.143. The number of nitrogens with zero attached hydrogens (tertiary/aromatic N) is 4. The van der Waals surface area contributed by atoms with E-state index in [4.69, 9.17) is 21.3 Å². The van der Waals surface area contributed by atoms with E-state index < -0.39 is 0 Å². The van der Waals surface area contributed by atoms with Crippen LogP contribution in [0.5, 0.6) is 5.75 Å². The monoisotopic (exact) mass is 439 g/mol. The Morgan fingerprint density at radius 2 is 2.17 bits per heavy atom. The smallest absolute Gasteiger partial charge is 0.261 e. The van der Waals surface area contributed by atoms with Gasteiger partial charge in [0.1, 0.15) is 27.0 Å². The summed E-state index contributed by atoms with van der Waals surface area (Å²) in [6, 6.07) is 7.04. The minimum Gasteiger partial charge on any atom is -0.496 e. The van der Waals surface area contributed by atoms with Crippen LogP contribution < -0.4 is 10.1 Å². The van der Waals surface area contributed by atoms with Gasteiger partial charge in [-0.05, 0) is 44.2 Å². The number of benzene rings is 1. The topological polar surface area (TPSA) is 81.4 Å². The second-order valence-electron chi connectivity index (χ2n) is 6.70. The number of halogens is 1. The fourth-order valence-electron chi connectivity index (χ4n) is 2.94. The number of hydrogen-bond acceptors (Lipinski definition) is 6. The Bertz CT molecular complexity index is 1270. The molecule has 0 radical (unpaired) electrons. The molecular formula is C21H18ClN5O2S. The lowest BCUT2D eigenvalue weighted by Gasteiger charge is -2.09. The molecule has 0 spiro atoms. The van der Waals surface area contributed by atoms with Crippen molar-refractivity contribution in [3.63, 3.8) is 0 Å². The number of rotatable bonds is 5. The van der Waals surface area contributed by atoms with Crippen molar-refractivity contribution in [3.8, 4) is 17.0 Å². The minimum absolute atomic E-state index is 0.321. The first kappa shape index (κ1) is 20.1. The standard InChI is InChI=1S/C21H18ClN5O2S/c1-12(2)9-17-25-18(14-10-13(22)5-6-16(14)29-3)21(30-17)26-20(28)15-11-24-27-8-4-7-23-19(15)27/h4-11H,1-3H3,(H,26,28). The summed E-state index contributed by atoms with van der Waals surface area (Å²) in [5.74, 6) is 0.292. The second kappa shape index (κ2) is 8.25. The van der Waals surface area contributed by atoms with Crippen molar-refractivity contribution < 1.29 is 9.53 Å². The Hall–Kier alpha value is -3.23. The molecule has 1 amide bonds. The van der Waals surface area contributed by atoms with Gasteiger partial charge >= 0.3 is 0 Å². The van der Waals surface area contributed by atoms with Gasteiger partial charge in [0, 0.05) is 23.0 Å². The molecule has 0 atom stereocenters. The maximum Gasteiger partial charge on any atom is 0.261 e. The number of methoxy groups -OCH3 is 1. The molecule has 7 nitrogen and oxygen atoms in total. The molecule has 0 unspecified atom stereocenters. The summed E-state index contributed by atoms with van der Waals surface area (Å²) in [6.07, 6.45) is 6.81. The first-order valence-electron chi connectivity index (χ1n) is 9.05. The number of nitrogens with one attached hydrogen (secondary N) is 1. The van der Waals surface area contributed by atoms with Crippen molar-refractivity contribution >= 4 is 45.6 Å². The zero-order chi connectivity index (χ0) is 21.3. The molecule has 0 saturated heterocycles. The highest BCUT2D eigenvalue weighted by molar-refractivity contribution is 7.17. The second-order valence-corrected chi connectivity index (χ2v) is 8.16. The van der Waals surface area contributed by atoms with Crippen LogP contribution in [0.1, 0.15) is 29.2 Å². The molecule has 0 aliphatic carbocycles. The van der Waals surface area contributed by atoms with Crippen LogP contribution in [0.25, 0.3) is 23.0 Å². The van der Waals surface area contributed by atoms with Gasteiger partial charge in [-0.3, -0.25) is 4.79 Å². The number of aromatic nitrogens is 4. The zero-order valence-corrected chi connectivity index (χ0v) is 18.1. The first-order chi connectivity index (χ1) is 14.5. The van der Waals surface area contributed by atoms with Crippen LogP contribution in [0.3, 0.4) is 0 Å². The molecule has 0 fully saturated rings. The Balaban J connectivity index is 1.79. The highest BCUT2D eigenvalue weighted by atomic mass is 35.5. The third-order valence-electron chi connectivity index (χ3n) is 4.22. The number of hydrogen-bond donors (Lipinski definition) is 1. The van der Waals surface area contributed by atoms with E-state index in [-0.39, 0.29) is 5.91 Å². The van der Waals surface area contributed by atoms with Crippen LogP contribution in [0.2, 0.25) is 5.02 Å². The molecule has 0 aliphatic heterocycles. The highest BCUT2D eigenvalue weighted by Crippen LogP contribution is 2.40. The van der Waals surface area contributed by atoms with Crippen LogP contribution in [0.4, 0.5) is 5.00 Å². The molecule has 3 aromatic heterocycles. The van der Waals surface area contributed by atoms with Crippen molar-refractivity contribution in [2.75, 3.05) is 12.4 Å². The van der Waals surface area contributed by atoms with Gasteiger partial charge in [0.15, 0.2) is 5.65 Å². The van der Waals surface area contributed by atoms with E-state index in [0.717, 1.165) is 10.6 Å². The van der Waals surface area contributed by atoms with Gasteiger partial charge < -0.3 is 10.1 Å². The summed E-state index contributed by atoms with van der Waals surface area (Å²) in [5.41, 5.74) is 3.23. The maximum atomic E-state index is 13.0. The van der Waals surface area contributed by atoms with Crippen LogP contribution >= 0.6 is 22.9 Å². The van der Waals surface area contributed by atoms with Gasteiger partial charge in [-0.1, -0.05) is 28.5 Å². The normalized spacial score (nSPS) is 10.8. The fourth-order valence-corrected chi connectivity index (χ4v) is 4.14.